The summed E-state index contributed by atoms with van der Waals surface area (Å²) in [6.45, 7) is 7.78. The zero-order valence-electron chi connectivity index (χ0n) is 11.4. The summed E-state index contributed by atoms with van der Waals surface area (Å²) in [6, 6.07) is 8.53. The summed E-state index contributed by atoms with van der Waals surface area (Å²) in [6.07, 6.45) is 2.48. The third-order valence-corrected chi connectivity index (χ3v) is 5.88. The van der Waals surface area contributed by atoms with Gasteiger partial charge in [-0.05, 0) is 42.4 Å². The predicted molar refractivity (Wildman–Crippen MR) is 84.0 cm³/mol. The predicted octanol–water partition coefficient (Wildman–Crippen LogP) is 4.69. The molecule has 0 amide bonds. The van der Waals surface area contributed by atoms with Gasteiger partial charge in [-0.15, -0.1) is 11.8 Å². The number of halogens is 1. The van der Waals surface area contributed by atoms with Gasteiger partial charge in [0.05, 0.1) is 0 Å². The molecule has 1 fully saturated rings. The van der Waals surface area contributed by atoms with Crippen molar-refractivity contribution in [3.63, 3.8) is 0 Å². The van der Waals surface area contributed by atoms with Gasteiger partial charge in [-0.2, -0.15) is 0 Å². The molecule has 2 N–H and O–H groups in total. The second-order valence-corrected chi connectivity index (χ2v) is 8.88. The normalized spacial score (nSPS) is 27.9. The fraction of sp³-hybridized carbons (Fsp3) is 0.600. The molecule has 0 bridgehead atoms. The average molecular weight is 328 g/mol. The molecule has 0 spiro atoms. The SMILES string of the molecule is CC(C)(C)C1CC(CN)(Sc2cccc(Br)c2)C1. The Morgan fingerprint density at radius 2 is 2.06 bits per heavy atom. The van der Waals surface area contributed by atoms with Gasteiger partial charge in [0.25, 0.3) is 0 Å². The Balaban J connectivity index is 2.04. The van der Waals surface area contributed by atoms with Gasteiger partial charge in [0.2, 0.25) is 0 Å². The summed E-state index contributed by atoms with van der Waals surface area (Å²) in [5, 5.41) is 0. The van der Waals surface area contributed by atoms with Crippen LogP contribution >= 0.6 is 27.7 Å². The number of benzene rings is 1. The van der Waals surface area contributed by atoms with Gasteiger partial charge < -0.3 is 5.73 Å². The minimum atomic E-state index is 0.263. The number of thioether (sulfide) groups is 1. The van der Waals surface area contributed by atoms with E-state index < -0.39 is 0 Å². The fourth-order valence-electron chi connectivity index (χ4n) is 2.52. The van der Waals surface area contributed by atoms with Gasteiger partial charge in [0, 0.05) is 20.7 Å². The molecule has 1 aliphatic rings. The van der Waals surface area contributed by atoms with Gasteiger partial charge in [0.15, 0.2) is 0 Å². The number of hydrogen-bond acceptors (Lipinski definition) is 2. The molecule has 3 heteroatoms. The van der Waals surface area contributed by atoms with E-state index in [1.165, 1.54) is 17.7 Å². The molecule has 100 valence electrons. The largest absolute Gasteiger partial charge is 0.329 e. The number of rotatable bonds is 3. The molecule has 0 radical (unpaired) electrons. The average Bonchev–Trinajstić information content (AvgIpc) is 2.21. The second kappa shape index (κ2) is 5.18. The van der Waals surface area contributed by atoms with E-state index in [-0.39, 0.29) is 4.75 Å². The zero-order valence-corrected chi connectivity index (χ0v) is 13.8. The Hall–Kier alpha value is 0.01000. The summed E-state index contributed by atoms with van der Waals surface area (Å²) in [4.78, 5) is 1.32. The van der Waals surface area contributed by atoms with Crippen molar-refractivity contribution in [2.75, 3.05) is 6.54 Å². The van der Waals surface area contributed by atoms with E-state index in [4.69, 9.17) is 5.73 Å². The molecule has 0 aromatic heterocycles. The molecular weight excluding hydrogens is 306 g/mol. The molecular formula is C15H22BrNS. The van der Waals surface area contributed by atoms with Gasteiger partial charge in [-0.1, -0.05) is 42.8 Å². The van der Waals surface area contributed by atoms with Crippen LogP contribution in [0.2, 0.25) is 0 Å². The molecule has 1 aliphatic carbocycles. The van der Waals surface area contributed by atoms with E-state index in [1.54, 1.807) is 0 Å². The van der Waals surface area contributed by atoms with Crippen LogP contribution in [0.4, 0.5) is 0 Å². The Morgan fingerprint density at radius 1 is 1.39 bits per heavy atom. The molecule has 1 aromatic rings. The highest BCUT2D eigenvalue weighted by Crippen LogP contribution is 2.55. The fourth-order valence-corrected chi connectivity index (χ4v) is 4.56. The maximum Gasteiger partial charge on any atom is 0.0335 e. The second-order valence-electron chi connectivity index (χ2n) is 6.42. The highest BCUT2D eigenvalue weighted by Gasteiger charge is 2.48. The van der Waals surface area contributed by atoms with Crippen molar-refractivity contribution in [2.45, 2.75) is 43.3 Å². The summed E-state index contributed by atoms with van der Waals surface area (Å²) < 4.78 is 1.41. The summed E-state index contributed by atoms with van der Waals surface area (Å²) >= 11 is 5.49. The molecule has 0 saturated heterocycles. The van der Waals surface area contributed by atoms with Crippen LogP contribution in [-0.2, 0) is 0 Å². The molecule has 18 heavy (non-hydrogen) atoms. The van der Waals surface area contributed by atoms with E-state index in [9.17, 15) is 0 Å². The highest BCUT2D eigenvalue weighted by atomic mass is 79.9. The molecule has 1 nitrogen and oxygen atoms in total. The first-order valence-electron chi connectivity index (χ1n) is 6.49. The Labute approximate surface area is 123 Å². The lowest BCUT2D eigenvalue weighted by molar-refractivity contribution is 0.102. The Morgan fingerprint density at radius 3 is 2.56 bits per heavy atom. The Kier molecular flexibility index (Phi) is 4.15. The lowest BCUT2D eigenvalue weighted by atomic mass is 9.62. The van der Waals surface area contributed by atoms with Gasteiger partial charge in [-0.25, -0.2) is 0 Å². The van der Waals surface area contributed by atoms with Crippen LogP contribution in [0.3, 0.4) is 0 Å². The van der Waals surface area contributed by atoms with E-state index in [2.05, 4.69) is 61.0 Å². The minimum absolute atomic E-state index is 0.263. The highest BCUT2D eigenvalue weighted by molar-refractivity contribution is 9.10. The first kappa shape index (κ1) is 14.4. The molecule has 1 saturated carbocycles. The van der Waals surface area contributed by atoms with Crippen LogP contribution < -0.4 is 5.73 Å². The van der Waals surface area contributed by atoms with Crippen LogP contribution in [-0.4, -0.2) is 11.3 Å². The monoisotopic (exact) mass is 327 g/mol. The summed E-state index contributed by atoms with van der Waals surface area (Å²) in [5.74, 6) is 0.806. The maximum absolute atomic E-state index is 6.03. The lowest BCUT2D eigenvalue weighted by Crippen LogP contribution is -2.50. The van der Waals surface area contributed by atoms with Gasteiger partial charge in [0.1, 0.15) is 0 Å². The van der Waals surface area contributed by atoms with Crippen LogP contribution in [0.1, 0.15) is 33.6 Å². The third-order valence-electron chi connectivity index (χ3n) is 3.96. The van der Waals surface area contributed by atoms with Crippen molar-refractivity contribution in [2.24, 2.45) is 17.1 Å². The van der Waals surface area contributed by atoms with E-state index in [0.29, 0.717) is 5.41 Å². The smallest absolute Gasteiger partial charge is 0.0335 e. The summed E-state index contributed by atoms with van der Waals surface area (Å²) in [5.41, 5.74) is 6.44. The van der Waals surface area contributed by atoms with Crippen LogP contribution in [0.5, 0.6) is 0 Å². The maximum atomic E-state index is 6.03. The number of nitrogens with two attached hydrogens (primary N) is 1. The van der Waals surface area contributed by atoms with E-state index >= 15 is 0 Å². The third kappa shape index (κ3) is 3.12. The van der Waals surface area contributed by atoms with Crippen molar-refractivity contribution < 1.29 is 0 Å². The molecule has 0 aliphatic heterocycles. The molecule has 1 aromatic carbocycles. The molecule has 0 unspecified atom stereocenters. The van der Waals surface area contributed by atoms with Crippen molar-refractivity contribution in [3.05, 3.63) is 28.7 Å². The van der Waals surface area contributed by atoms with E-state index in [1.807, 2.05) is 11.8 Å². The van der Waals surface area contributed by atoms with Crippen molar-refractivity contribution in [1.29, 1.82) is 0 Å². The van der Waals surface area contributed by atoms with Crippen LogP contribution in [0.15, 0.2) is 33.6 Å². The van der Waals surface area contributed by atoms with Crippen molar-refractivity contribution in [3.8, 4) is 0 Å². The first-order chi connectivity index (χ1) is 8.35. The van der Waals surface area contributed by atoms with Crippen molar-refractivity contribution in [1.82, 2.24) is 0 Å². The molecule has 2 rings (SSSR count). The first-order valence-corrected chi connectivity index (χ1v) is 8.10. The minimum Gasteiger partial charge on any atom is -0.329 e. The standard InChI is InChI=1S/C15H22BrNS/c1-14(2,3)11-8-15(9-11,10-17)18-13-6-4-5-12(16)7-13/h4-7,11H,8-10,17H2,1-3H3. The zero-order chi connectivity index (χ0) is 13.4. The van der Waals surface area contributed by atoms with E-state index in [0.717, 1.165) is 16.9 Å². The Bertz CT molecular complexity index is 419. The molecule has 0 heterocycles. The molecule has 0 atom stereocenters. The lowest BCUT2D eigenvalue weighted by Gasteiger charge is -2.52. The van der Waals surface area contributed by atoms with Gasteiger partial charge >= 0.3 is 0 Å². The summed E-state index contributed by atoms with van der Waals surface area (Å²) in [7, 11) is 0. The van der Waals surface area contributed by atoms with Crippen molar-refractivity contribution >= 4 is 27.7 Å². The van der Waals surface area contributed by atoms with Crippen LogP contribution in [0, 0.1) is 11.3 Å². The topological polar surface area (TPSA) is 26.0 Å². The number of hydrogen-bond donors (Lipinski definition) is 1. The van der Waals surface area contributed by atoms with Crippen LogP contribution in [0.25, 0.3) is 0 Å². The van der Waals surface area contributed by atoms with Gasteiger partial charge in [-0.3, -0.25) is 0 Å². The quantitative estimate of drug-likeness (QED) is 0.871.